The Kier molecular flexibility index (Phi) is 245. The predicted octanol–water partition coefficient (Wildman–Crippen LogP) is 58.4. The van der Waals surface area contributed by atoms with Crippen molar-refractivity contribution < 1.29 is 0 Å². The standard InChI is InChI=1S/C14H26.3C13H28.C8H18.3C8H16.C8H18.3C6H12.3C5H12.3C4H8.4C2H6.C2H4/c1-13(2)11-9-7-5-6-8-10-12-14(3)4;3*1-8-10(4)12(6)13(7)11(5)9(2)3;1-5-8(4,6-2)7-3;3*1-4-5-6-7-8(2)3;1-3-5-7-8-6-4-2;3*1-4-5-6(2)3;3*1-3-5-4-2;3*1-4(2)3;5*1-2/h1,3,5-12H2,2,4H3;3*9-13H,8H2,1-7H3;5-7H2,1-4H3;3*2,4-7H2,1,3H3;3-8H2,1-2H3;3*2,4-5H2,1,3H3;3*3-5H2,1-2H3;3*1H2,2-3H3;4*1-2H3;1-2H2/t;3*10-,11+,12+,13-;;;;;;;;;;;;;;;;;;;/m.111.................../s1. The van der Waals surface area contributed by atoms with E-state index < -0.39 is 0 Å². The maximum atomic E-state index is 3.91. The first-order valence-electron chi connectivity index (χ1n) is 64.5. The predicted molar refractivity (Wildman–Crippen MR) is 730 cm³/mol. The topological polar surface area (TPSA) is 0 Å². The molecule has 0 saturated carbocycles. The summed E-state index contributed by atoms with van der Waals surface area (Å²) in [5, 5.41) is 0. The van der Waals surface area contributed by atoms with Gasteiger partial charge in [0.05, 0.1) is 0 Å². The molecule has 0 N–H and O–H groups in total. The number of unbranched alkanes of at least 4 members (excludes halogenated alkanes) is 22. The molecule has 0 radical (unpaired) electrons. The van der Waals surface area contributed by atoms with E-state index in [0.717, 1.165) is 88.8 Å². The van der Waals surface area contributed by atoms with Crippen LogP contribution < -0.4 is 0 Å². The Labute approximate surface area is 958 Å². The summed E-state index contributed by atoms with van der Waals surface area (Å²) in [7, 11) is 0. The average molecular weight is 2100 g/mol. The zero-order chi connectivity index (χ0) is 123. The summed E-state index contributed by atoms with van der Waals surface area (Å²) in [5.74, 6) is 12.8. The van der Waals surface area contributed by atoms with Crippen LogP contribution >= 0.6 is 0 Å². The largest absolute Gasteiger partial charge is 0.106 e. The van der Waals surface area contributed by atoms with E-state index in [2.05, 4.69) is 411 Å². The molecule has 0 amide bonds. The molecule has 0 heteroatoms. The summed E-state index contributed by atoms with van der Waals surface area (Å²) in [5.41, 5.74) is 14.6. The number of hydrogen-bond acceptors (Lipinski definition) is 0. The molecule has 0 unspecified atom stereocenters. The van der Waals surface area contributed by atoms with Crippen LogP contribution in [0.1, 0.15) is 724 Å². The first-order chi connectivity index (χ1) is 69.0. The Hall–Kier alpha value is -3.12. The van der Waals surface area contributed by atoms with Crippen molar-refractivity contribution >= 4 is 0 Å². The van der Waals surface area contributed by atoms with Crippen molar-refractivity contribution in [1.82, 2.24) is 0 Å². The van der Waals surface area contributed by atoms with Crippen LogP contribution in [0.3, 0.4) is 0 Å². The van der Waals surface area contributed by atoms with Gasteiger partial charge in [-0.15, -0.1) is 85.5 Å². The second kappa shape index (κ2) is 180. The van der Waals surface area contributed by atoms with Gasteiger partial charge in [0.1, 0.15) is 0 Å². The van der Waals surface area contributed by atoms with E-state index in [-0.39, 0.29) is 0 Å². The van der Waals surface area contributed by atoms with Crippen molar-refractivity contribution in [1.29, 1.82) is 0 Å². The van der Waals surface area contributed by atoms with E-state index in [4.69, 9.17) is 0 Å². The van der Waals surface area contributed by atoms with E-state index in [1.165, 1.54) is 363 Å². The average Bonchev–Trinajstić information content (AvgIpc) is 0.895. The number of rotatable bonds is 56. The Morgan fingerprint density at radius 3 is 0.358 bits per heavy atom. The summed E-state index contributed by atoms with van der Waals surface area (Å²) in [6.07, 6.45) is 62.1. The summed E-state index contributed by atoms with van der Waals surface area (Å²) in [4.78, 5) is 0. The lowest BCUT2D eigenvalue weighted by molar-refractivity contribution is 0.173. The second-order valence-electron chi connectivity index (χ2n) is 45.5. The van der Waals surface area contributed by atoms with E-state index in [9.17, 15) is 0 Å². The molecule has 0 aliphatic rings. The van der Waals surface area contributed by atoms with Crippen LogP contribution in [0.2, 0.25) is 0 Å². The summed E-state index contributed by atoms with van der Waals surface area (Å²) in [6.45, 7) is 182. The van der Waals surface area contributed by atoms with Crippen molar-refractivity contribution in [2.24, 2.45) is 94.2 Å². The van der Waals surface area contributed by atoms with Crippen molar-refractivity contribution in [2.45, 2.75) is 724 Å². The van der Waals surface area contributed by atoms with E-state index in [0.29, 0.717) is 5.41 Å². The van der Waals surface area contributed by atoms with Crippen LogP contribution in [0.15, 0.2) is 147 Å². The van der Waals surface area contributed by atoms with Crippen LogP contribution in [0.5, 0.6) is 0 Å². The minimum Gasteiger partial charge on any atom is -0.106 e. The van der Waals surface area contributed by atoms with Gasteiger partial charge in [-0.3, -0.25) is 0 Å². The van der Waals surface area contributed by atoms with Crippen LogP contribution in [0.4, 0.5) is 0 Å². The lowest BCUT2D eigenvalue weighted by atomic mass is 9.74. The quantitative estimate of drug-likeness (QED) is 0.0421. The molecule has 0 heterocycles. The van der Waals surface area contributed by atoms with Gasteiger partial charge in [-0.2, -0.15) is 0 Å². The molecule has 0 nitrogen and oxygen atoms in total. The Morgan fingerprint density at radius 1 is 0.162 bits per heavy atom. The molecular weight excluding hydrogens is 1780 g/mol. The summed E-state index contributed by atoms with van der Waals surface area (Å²) in [6, 6.07) is 0. The van der Waals surface area contributed by atoms with Gasteiger partial charge in [-0.05, 0) is 275 Å². The minimum atomic E-state index is 0.625. The molecule has 0 rings (SSSR count). The normalized spacial score (nSPS) is 11.8. The molecule has 0 saturated heterocycles. The summed E-state index contributed by atoms with van der Waals surface area (Å²) >= 11 is 0. The van der Waals surface area contributed by atoms with E-state index >= 15 is 0 Å². The van der Waals surface area contributed by atoms with Gasteiger partial charge in [0, 0.05) is 0 Å². The van der Waals surface area contributed by atoms with Gasteiger partial charge in [-0.25, -0.2) is 0 Å². The maximum Gasteiger partial charge on any atom is -0.0326 e. The Bertz CT molecular complexity index is 2120. The van der Waals surface area contributed by atoms with Crippen molar-refractivity contribution in [3.63, 3.8) is 0 Å². The van der Waals surface area contributed by atoms with E-state index in [1.807, 2.05) is 96.9 Å². The van der Waals surface area contributed by atoms with E-state index in [1.54, 1.807) is 0 Å². The number of hydrogen-bond donors (Lipinski definition) is 0. The molecule has 0 aromatic carbocycles. The van der Waals surface area contributed by atoms with Crippen LogP contribution in [0.25, 0.3) is 0 Å². The third-order valence-electron chi connectivity index (χ3n) is 27.0. The molecule has 148 heavy (non-hydrogen) atoms. The second-order valence-corrected chi connectivity index (χ2v) is 45.5. The molecule has 12 atom stereocenters. The summed E-state index contributed by atoms with van der Waals surface area (Å²) < 4.78 is 0. The highest BCUT2D eigenvalue weighted by Gasteiger charge is 2.27. The molecule has 0 fully saturated rings. The first kappa shape index (κ1) is 202. The smallest absolute Gasteiger partial charge is 0.0326 e. The molecule has 0 aromatic heterocycles. The van der Waals surface area contributed by atoms with Gasteiger partial charge in [-0.1, -0.05) is 605 Å². The fourth-order valence-electron chi connectivity index (χ4n) is 13.5. The molecule has 0 aliphatic heterocycles. The SMILES string of the molecule is C=C.C=C(C)C.C=C(C)C.C=C(C)C.C=C(C)CCC.C=C(C)CCC.C=C(C)CCC.C=C(C)CCCCC.C=C(C)CCCCC.C=C(C)CCCCC.C=C(C)CCCCCCCCC(=C)C.CC.CC.CC.CC.CCC(C)(CC)CC.CCCCC.CCCCC.CCCCC.CCCCCCCC.CC[C@@H](C)[C@H](C)[C@H](C)[C@@H](C)C(C)C.CC[C@@H](C)[C@H](C)[C@H](C)[C@@H](C)C(C)C.CC[C@@H](C)[C@H](C)[C@H](C)[C@@H](C)C(C)C. The monoisotopic (exact) mass is 2100 g/mol. The lowest BCUT2D eigenvalue weighted by Gasteiger charge is -2.32. The zero-order valence-electron chi connectivity index (χ0n) is 118. The fraction of sp³-hybridized carbons (Fsp3) is 0.838. The third kappa shape index (κ3) is 257. The highest BCUT2D eigenvalue weighted by Crippen LogP contribution is 2.35. The van der Waals surface area contributed by atoms with Gasteiger partial charge in [0.15, 0.2) is 0 Å². The van der Waals surface area contributed by atoms with Gasteiger partial charge in [0.2, 0.25) is 0 Å². The van der Waals surface area contributed by atoms with Crippen LogP contribution in [-0.2, 0) is 0 Å². The van der Waals surface area contributed by atoms with Crippen molar-refractivity contribution in [3.05, 3.63) is 147 Å². The minimum absolute atomic E-state index is 0.625. The third-order valence-corrected chi connectivity index (χ3v) is 27.0. The van der Waals surface area contributed by atoms with Crippen molar-refractivity contribution in [3.8, 4) is 0 Å². The zero-order valence-corrected chi connectivity index (χ0v) is 118. The molecule has 0 aromatic rings. The van der Waals surface area contributed by atoms with Crippen LogP contribution in [0, 0.1) is 94.2 Å². The maximum absolute atomic E-state index is 3.91. The Balaban J connectivity index is -0.0000000536. The first-order valence-corrected chi connectivity index (χ1v) is 64.5. The van der Waals surface area contributed by atoms with Gasteiger partial charge >= 0.3 is 0 Å². The van der Waals surface area contributed by atoms with Gasteiger partial charge < -0.3 is 0 Å². The molecule has 0 spiro atoms. The highest BCUT2D eigenvalue weighted by molar-refractivity contribution is 4.92. The molecule has 0 aliphatic carbocycles. The highest BCUT2D eigenvalue weighted by atomic mass is 14.3. The fourth-order valence-corrected chi connectivity index (χ4v) is 13.5. The Morgan fingerprint density at radius 2 is 0.277 bits per heavy atom. The molecule has 0 bridgehead atoms. The lowest BCUT2D eigenvalue weighted by Crippen LogP contribution is -2.24. The molecule has 910 valence electrons. The molecular formula is C148H318. The van der Waals surface area contributed by atoms with Crippen LogP contribution in [-0.4, -0.2) is 0 Å². The van der Waals surface area contributed by atoms with Gasteiger partial charge in [0.25, 0.3) is 0 Å². The number of allylic oxidation sites excluding steroid dienone is 11. The van der Waals surface area contributed by atoms with Crippen molar-refractivity contribution in [2.75, 3.05) is 0 Å².